The Kier molecular flexibility index (Phi) is 5.45. The quantitative estimate of drug-likeness (QED) is 0.800. The van der Waals surface area contributed by atoms with E-state index in [2.05, 4.69) is 23.1 Å². The van der Waals surface area contributed by atoms with Crippen LogP contribution in [0.25, 0.3) is 0 Å². The van der Waals surface area contributed by atoms with Crippen LogP contribution in [0.2, 0.25) is 5.02 Å². The number of likely N-dealkylation sites (N-methyl/N-ethyl adjacent to an activating group) is 1. The molecule has 2 aromatic rings. The zero-order valence-corrected chi connectivity index (χ0v) is 12.7. The summed E-state index contributed by atoms with van der Waals surface area (Å²) in [5.41, 5.74) is 2.44. The molecule has 2 aromatic carbocycles. The van der Waals surface area contributed by atoms with E-state index in [9.17, 15) is 0 Å². The molecule has 0 N–H and O–H groups in total. The molecule has 0 unspecified atom stereocenters. The number of halogens is 1. The number of hydrogen-bond donors (Lipinski definition) is 0. The summed E-state index contributed by atoms with van der Waals surface area (Å²) < 4.78 is 5.88. The van der Waals surface area contributed by atoms with Crippen LogP contribution < -0.4 is 4.74 Å². The van der Waals surface area contributed by atoms with E-state index in [1.165, 1.54) is 11.1 Å². The lowest BCUT2D eigenvalue weighted by Crippen LogP contribution is -2.19. The molecule has 0 aliphatic heterocycles. The first kappa shape index (κ1) is 14.9. The number of rotatable bonds is 6. The van der Waals surface area contributed by atoms with Gasteiger partial charge in [0.25, 0.3) is 0 Å². The molecule has 3 heteroatoms. The van der Waals surface area contributed by atoms with Crippen LogP contribution >= 0.6 is 11.6 Å². The number of hydrogen-bond acceptors (Lipinski definition) is 2. The number of para-hydroxylation sites is 1. The van der Waals surface area contributed by atoms with Crippen molar-refractivity contribution in [3.05, 3.63) is 64.7 Å². The third kappa shape index (κ3) is 4.55. The lowest BCUT2D eigenvalue weighted by Gasteiger charge is -2.14. The maximum Gasteiger partial charge on any atom is 0.122 e. The second kappa shape index (κ2) is 7.32. The molecule has 20 heavy (non-hydrogen) atoms. The first-order valence-corrected chi connectivity index (χ1v) is 7.13. The normalized spacial score (nSPS) is 10.8. The van der Waals surface area contributed by atoms with Gasteiger partial charge in [0.15, 0.2) is 0 Å². The first-order chi connectivity index (χ1) is 9.65. The van der Waals surface area contributed by atoms with Gasteiger partial charge in [-0.2, -0.15) is 0 Å². The van der Waals surface area contributed by atoms with E-state index >= 15 is 0 Å². The van der Waals surface area contributed by atoms with Crippen molar-refractivity contribution in [1.29, 1.82) is 0 Å². The van der Waals surface area contributed by atoms with Gasteiger partial charge >= 0.3 is 0 Å². The van der Waals surface area contributed by atoms with Gasteiger partial charge < -0.3 is 9.64 Å². The average Bonchev–Trinajstić information content (AvgIpc) is 2.43. The van der Waals surface area contributed by atoms with Gasteiger partial charge in [0.1, 0.15) is 12.4 Å². The Morgan fingerprint density at radius 2 is 1.70 bits per heavy atom. The standard InChI is InChI=1S/C17H20ClNO/c1-19(2)11-12-20-17-6-4-3-5-15(17)13-14-7-9-16(18)10-8-14/h3-10H,11-13H2,1-2H3. The third-order valence-electron chi connectivity index (χ3n) is 3.08. The molecule has 0 spiro atoms. The molecule has 0 atom stereocenters. The highest BCUT2D eigenvalue weighted by Gasteiger charge is 2.04. The van der Waals surface area contributed by atoms with Gasteiger partial charge in [-0.25, -0.2) is 0 Å². The van der Waals surface area contributed by atoms with E-state index < -0.39 is 0 Å². The summed E-state index contributed by atoms with van der Waals surface area (Å²) in [7, 11) is 4.09. The molecule has 0 saturated heterocycles. The largest absolute Gasteiger partial charge is 0.492 e. The van der Waals surface area contributed by atoms with Crippen molar-refractivity contribution in [2.24, 2.45) is 0 Å². The van der Waals surface area contributed by atoms with Crippen LogP contribution in [0.1, 0.15) is 11.1 Å². The second-order valence-electron chi connectivity index (χ2n) is 5.06. The van der Waals surface area contributed by atoms with Crippen molar-refractivity contribution in [1.82, 2.24) is 4.90 Å². The minimum Gasteiger partial charge on any atom is -0.492 e. The molecule has 2 nitrogen and oxygen atoms in total. The van der Waals surface area contributed by atoms with E-state index in [0.29, 0.717) is 6.61 Å². The summed E-state index contributed by atoms with van der Waals surface area (Å²) in [6.07, 6.45) is 0.856. The second-order valence-corrected chi connectivity index (χ2v) is 5.50. The summed E-state index contributed by atoms with van der Waals surface area (Å²) in [5.74, 6) is 0.962. The molecule has 0 saturated carbocycles. The highest BCUT2D eigenvalue weighted by molar-refractivity contribution is 6.30. The summed E-state index contributed by atoms with van der Waals surface area (Å²) in [5, 5.41) is 0.768. The molecule has 0 heterocycles. The zero-order chi connectivity index (χ0) is 14.4. The lowest BCUT2D eigenvalue weighted by molar-refractivity contribution is 0.260. The Labute approximate surface area is 125 Å². The van der Waals surface area contributed by atoms with Crippen molar-refractivity contribution >= 4 is 11.6 Å². The van der Waals surface area contributed by atoms with Crippen molar-refractivity contribution in [2.75, 3.05) is 27.2 Å². The average molecular weight is 290 g/mol. The molecule has 2 rings (SSSR count). The van der Waals surface area contributed by atoms with Gasteiger partial charge in [0.2, 0.25) is 0 Å². The maximum absolute atomic E-state index is 5.91. The maximum atomic E-state index is 5.91. The molecular weight excluding hydrogens is 270 g/mol. The zero-order valence-electron chi connectivity index (χ0n) is 12.0. The van der Waals surface area contributed by atoms with Gasteiger partial charge in [-0.05, 0) is 43.4 Å². The molecule has 0 bridgehead atoms. The molecule has 0 radical (unpaired) electrons. The summed E-state index contributed by atoms with van der Waals surface area (Å²) in [6.45, 7) is 1.61. The molecule has 0 aliphatic rings. The van der Waals surface area contributed by atoms with Crippen LogP contribution in [0, 0.1) is 0 Å². The summed E-state index contributed by atoms with van der Waals surface area (Å²) in [4.78, 5) is 2.11. The van der Waals surface area contributed by atoms with Crippen LogP contribution in [0.15, 0.2) is 48.5 Å². The Morgan fingerprint density at radius 1 is 1.00 bits per heavy atom. The van der Waals surface area contributed by atoms with Crippen LogP contribution in [-0.4, -0.2) is 32.1 Å². The SMILES string of the molecule is CN(C)CCOc1ccccc1Cc1ccc(Cl)cc1. The van der Waals surface area contributed by atoms with Crippen molar-refractivity contribution in [2.45, 2.75) is 6.42 Å². The fraction of sp³-hybridized carbons (Fsp3) is 0.294. The van der Waals surface area contributed by atoms with Crippen molar-refractivity contribution < 1.29 is 4.74 Å². The van der Waals surface area contributed by atoms with Crippen LogP contribution in [0.4, 0.5) is 0 Å². The minimum absolute atomic E-state index is 0.699. The first-order valence-electron chi connectivity index (χ1n) is 6.75. The molecule has 0 fully saturated rings. The topological polar surface area (TPSA) is 12.5 Å². The predicted octanol–water partition coefficient (Wildman–Crippen LogP) is 3.87. The molecule has 0 aliphatic carbocycles. The Morgan fingerprint density at radius 3 is 2.40 bits per heavy atom. The number of ether oxygens (including phenoxy) is 1. The van der Waals surface area contributed by atoms with Crippen LogP contribution in [0.5, 0.6) is 5.75 Å². The third-order valence-corrected chi connectivity index (χ3v) is 3.33. The van der Waals surface area contributed by atoms with E-state index in [4.69, 9.17) is 16.3 Å². The van der Waals surface area contributed by atoms with E-state index in [1.807, 2.05) is 44.4 Å². The number of benzene rings is 2. The Hall–Kier alpha value is -1.51. The molecule has 0 amide bonds. The van der Waals surface area contributed by atoms with Crippen LogP contribution in [-0.2, 0) is 6.42 Å². The molecule has 106 valence electrons. The fourth-order valence-electron chi connectivity index (χ4n) is 1.95. The van der Waals surface area contributed by atoms with E-state index in [-0.39, 0.29) is 0 Å². The summed E-state index contributed by atoms with van der Waals surface area (Å²) >= 11 is 5.91. The van der Waals surface area contributed by atoms with Gasteiger partial charge in [-0.3, -0.25) is 0 Å². The highest BCUT2D eigenvalue weighted by atomic mass is 35.5. The number of nitrogens with zero attached hydrogens (tertiary/aromatic N) is 1. The highest BCUT2D eigenvalue weighted by Crippen LogP contribution is 2.22. The lowest BCUT2D eigenvalue weighted by atomic mass is 10.0. The summed E-state index contributed by atoms with van der Waals surface area (Å²) in [6, 6.07) is 16.2. The fourth-order valence-corrected chi connectivity index (χ4v) is 2.08. The Balaban J connectivity index is 2.05. The monoisotopic (exact) mass is 289 g/mol. The smallest absolute Gasteiger partial charge is 0.122 e. The van der Waals surface area contributed by atoms with E-state index in [1.54, 1.807) is 0 Å². The van der Waals surface area contributed by atoms with Crippen molar-refractivity contribution in [3.63, 3.8) is 0 Å². The molecular formula is C17H20ClNO. The van der Waals surface area contributed by atoms with Gasteiger partial charge in [0, 0.05) is 18.0 Å². The van der Waals surface area contributed by atoms with Gasteiger partial charge in [0.05, 0.1) is 0 Å². The van der Waals surface area contributed by atoms with Crippen LogP contribution in [0.3, 0.4) is 0 Å². The Bertz CT molecular complexity index is 537. The van der Waals surface area contributed by atoms with Gasteiger partial charge in [-0.15, -0.1) is 0 Å². The minimum atomic E-state index is 0.699. The van der Waals surface area contributed by atoms with Crippen molar-refractivity contribution in [3.8, 4) is 5.75 Å². The van der Waals surface area contributed by atoms with E-state index in [0.717, 1.165) is 23.7 Å². The predicted molar refractivity (Wildman–Crippen MR) is 84.7 cm³/mol. The van der Waals surface area contributed by atoms with Gasteiger partial charge in [-0.1, -0.05) is 41.9 Å². The molecule has 0 aromatic heterocycles.